The molecule has 0 aromatic rings. The highest BCUT2D eigenvalue weighted by Gasteiger charge is 1.90. The van der Waals surface area contributed by atoms with Crippen LogP contribution in [0, 0.1) is 7.11 Å². The highest BCUT2D eigenvalue weighted by molar-refractivity contribution is 5.70. The first-order chi connectivity index (χ1) is 3.31. The molecule has 0 saturated carbocycles. The molecule has 0 heterocycles. The molecule has 0 N–H and O–H groups in total. The number of esters is 1. The first-order valence-corrected chi connectivity index (χ1v) is 1.81. The number of carbonyl (C=O) groups is 1. The summed E-state index contributed by atoms with van der Waals surface area (Å²) in [5.74, 6) is -0.463. The third-order valence-electron chi connectivity index (χ3n) is 0.442. The zero-order valence-corrected chi connectivity index (χ0v) is 3.89. The summed E-state index contributed by atoms with van der Waals surface area (Å²) >= 11 is 0. The molecule has 0 spiro atoms. The molecule has 2 radical (unpaired) electrons. The van der Waals surface area contributed by atoms with Crippen LogP contribution in [0.15, 0.2) is 12.7 Å². The Morgan fingerprint density at radius 1 is 2.00 bits per heavy atom. The number of hydrogen-bond donors (Lipinski definition) is 0. The minimum atomic E-state index is -0.463. The second-order valence-corrected chi connectivity index (χ2v) is 0.983. The van der Waals surface area contributed by atoms with Gasteiger partial charge in [0.05, 0.1) is 6.42 Å². The summed E-state index contributed by atoms with van der Waals surface area (Å²) in [5, 5.41) is 0. The predicted molar refractivity (Wildman–Crippen MR) is 25.2 cm³/mol. The summed E-state index contributed by atoms with van der Waals surface area (Å²) < 4.78 is 3.78. The Morgan fingerprint density at radius 2 is 2.57 bits per heavy atom. The molecule has 0 aliphatic heterocycles. The highest BCUT2D eigenvalue weighted by Crippen LogP contribution is 1.82. The number of carbonyl (C=O) groups excluding carboxylic acids is 1. The fourth-order valence-electron chi connectivity index (χ4n) is 0.166. The van der Waals surface area contributed by atoms with Crippen molar-refractivity contribution >= 4 is 5.97 Å². The SMILES string of the molecule is [CH]OC(=O)CC=C. The molecule has 0 aromatic heterocycles. The Balaban J connectivity index is 3.17. The normalized spacial score (nSPS) is 7.57. The van der Waals surface area contributed by atoms with E-state index in [0.29, 0.717) is 0 Å². The fraction of sp³-hybridized carbons (Fsp3) is 0.200. The third-order valence-corrected chi connectivity index (χ3v) is 0.442. The van der Waals surface area contributed by atoms with Crippen LogP contribution in [0.3, 0.4) is 0 Å². The van der Waals surface area contributed by atoms with Crippen LogP contribution in [0.5, 0.6) is 0 Å². The van der Waals surface area contributed by atoms with Crippen LogP contribution in [0.2, 0.25) is 0 Å². The first kappa shape index (κ1) is 6.21. The maximum atomic E-state index is 9.99. The van der Waals surface area contributed by atoms with Gasteiger partial charge in [-0.3, -0.25) is 4.79 Å². The minimum Gasteiger partial charge on any atom is -0.454 e. The Labute approximate surface area is 42.8 Å². The smallest absolute Gasteiger partial charge is 0.310 e. The quantitative estimate of drug-likeness (QED) is 0.376. The van der Waals surface area contributed by atoms with Crippen molar-refractivity contribution in [3.8, 4) is 0 Å². The van der Waals surface area contributed by atoms with Gasteiger partial charge in [0.1, 0.15) is 0 Å². The van der Waals surface area contributed by atoms with Crippen molar-refractivity contribution in [1.82, 2.24) is 0 Å². The van der Waals surface area contributed by atoms with Gasteiger partial charge in [-0.1, -0.05) is 6.08 Å². The van der Waals surface area contributed by atoms with Gasteiger partial charge in [0.15, 0.2) is 7.11 Å². The third kappa shape index (κ3) is 3.03. The molecule has 0 saturated heterocycles. The summed E-state index contributed by atoms with van der Waals surface area (Å²) in [7, 11) is 4.46. The Bertz CT molecular complexity index is 76.1. The van der Waals surface area contributed by atoms with Crippen LogP contribution in [-0.2, 0) is 9.53 Å². The van der Waals surface area contributed by atoms with Gasteiger partial charge in [0, 0.05) is 0 Å². The molecule has 38 valence electrons. The van der Waals surface area contributed by atoms with Crippen molar-refractivity contribution in [3.63, 3.8) is 0 Å². The summed E-state index contributed by atoms with van der Waals surface area (Å²) in [6.45, 7) is 3.29. The van der Waals surface area contributed by atoms with E-state index in [1.165, 1.54) is 6.08 Å². The Kier molecular flexibility index (Phi) is 3.02. The van der Waals surface area contributed by atoms with E-state index in [1.807, 2.05) is 0 Å². The van der Waals surface area contributed by atoms with Crippen molar-refractivity contribution in [2.24, 2.45) is 0 Å². The van der Waals surface area contributed by atoms with Crippen molar-refractivity contribution in [2.75, 3.05) is 0 Å². The average Bonchev–Trinajstić information content (AvgIpc) is 1.68. The van der Waals surface area contributed by atoms with Crippen LogP contribution in [-0.4, -0.2) is 5.97 Å². The molecule has 7 heavy (non-hydrogen) atoms. The van der Waals surface area contributed by atoms with Crippen molar-refractivity contribution in [1.29, 1.82) is 0 Å². The summed E-state index contributed by atoms with van der Waals surface area (Å²) in [5.41, 5.74) is 0. The van der Waals surface area contributed by atoms with Crippen LogP contribution >= 0.6 is 0 Å². The standard InChI is InChI=1S/C5H6O2/c1-3-4-5(6)7-2/h2-3H,1,4H2. The lowest BCUT2D eigenvalue weighted by Crippen LogP contribution is -1.94. The van der Waals surface area contributed by atoms with Gasteiger partial charge < -0.3 is 4.74 Å². The average molecular weight is 98.1 g/mol. The van der Waals surface area contributed by atoms with Crippen molar-refractivity contribution in [2.45, 2.75) is 6.42 Å². The summed E-state index contributed by atoms with van der Waals surface area (Å²) in [6.07, 6.45) is 1.60. The Morgan fingerprint density at radius 3 is 2.71 bits per heavy atom. The van der Waals surface area contributed by atoms with Gasteiger partial charge in [0.2, 0.25) is 0 Å². The molecule has 0 unspecified atom stereocenters. The molecule has 2 nitrogen and oxygen atoms in total. The molecular weight excluding hydrogens is 92.1 g/mol. The van der Waals surface area contributed by atoms with Crippen LogP contribution in [0.1, 0.15) is 6.42 Å². The molecule has 0 rings (SSSR count). The number of hydrogen-bond acceptors (Lipinski definition) is 2. The first-order valence-electron chi connectivity index (χ1n) is 1.81. The van der Waals surface area contributed by atoms with E-state index in [4.69, 9.17) is 0 Å². The van der Waals surface area contributed by atoms with E-state index in [1.54, 1.807) is 0 Å². The van der Waals surface area contributed by atoms with Crippen molar-refractivity contribution < 1.29 is 9.53 Å². The van der Waals surface area contributed by atoms with E-state index in [2.05, 4.69) is 18.4 Å². The zero-order valence-electron chi connectivity index (χ0n) is 3.89. The van der Waals surface area contributed by atoms with Gasteiger partial charge in [-0.25, -0.2) is 0 Å². The second kappa shape index (κ2) is 3.40. The molecule has 0 aliphatic carbocycles. The van der Waals surface area contributed by atoms with Crippen LogP contribution in [0.25, 0.3) is 0 Å². The van der Waals surface area contributed by atoms with E-state index in [9.17, 15) is 4.79 Å². The van der Waals surface area contributed by atoms with Crippen LogP contribution < -0.4 is 0 Å². The van der Waals surface area contributed by atoms with E-state index >= 15 is 0 Å². The number of rotatable bonds is 2. The molecule has 0 atom stereocenters. The van der Waals surface area contributed by atoms with Gasteiger partial charge in [0.25, 0.3) is 0 Å². The van der Waals surface area contributed by atoms with E-state index < -0.39 is 5.97 Å². The maximum Gasteiger partial charge on any atom is 0.310 e. The summed E-state index contributed by atoms with van der Waals surface area (Å²) in [4.78, 5) is 9.99. The Hall–Kier alpha value is -0.790. The minimum absolute atomic E-state index is 0.177. The van der Waals surface area contributed by atoms with Gasteiger partial charge >= 0.3 is 5.97 Å². The number of ether oxygens (including phenoxy) is 1. The maximum absolute atomic E-state index is 9.99. The zero-order chi connectivity index (χ0) is 5.70. The fourth-order valence-corrected chi connectivity index (χ4v) is 0.166. The van der Waals surface area contributed by atoms with Gasteiger partial charge in [-0.05, 0) is 0 Å². The second-order valence-electron chi connectivity index (χ2n) is 0.983. The lowest BCUT2D eigenvalue weighted by atomic mass is 10.4. The lowest BCUT2D eigenvalue weighted by Gasteiger charge is -1.87. The highest BCUT2D eigenvalue weighted by atomic mass is 16.5. The van der Waals surface area contributed by atoms with Crippen LogP contribution in [0.4, 0.5) is 0 Å². The monoisotopic (exact) mass is 98.0 g/mol. The predicted octanol–water partition coefficient (Wildman–Crippen LogP) is 0.774. The topological polar surface area (TPSA) is 26.3 Å². The van der Waals surface area contributed by atoms with Crippen molar-refractivity contribution in [3.05, 3.63) is 19.8 Å². The molecule has 2 heteroatoms. The summed E-state index contributed by atoms with van der Waals surface area (Å²) in [6, 6.07) is 0. The molecular formula is C5H6O2. The molecule has 0 aliphatic rings. The molecule has 0 aromatic carbocycles. The largest absolute Gasteiger partial charge is 0.454 e. The van der Waals surface area contributed by atoms with Gasteiger partial charge in [-0.15, -0.1) is 6.58 Å². The molecule has 0 bridgehead atoms. The van der Waals surface area contributed by atoms with E-state index in [-0.39, 0.29) is 6.42 Å². The van der Waals surface area contributed by atoms with Gasteiger partial charge in [-0.2, -0.15) is 0 Å². The lowest BCUT2D eigenvalue weighted by molar-refractivity contribution is -0.137. The van der Waals surface area contributed by atoms with E-state index in [0.717, 1.165) is 0 Å². The molecule has 0 amide bonds. The molecule has 0 fully saturated rings.